The molecule has 0 N–H and O–H groups in total. The van der Waals surface area contributed by atoms with Gasteiger partial charge in [0.05, 0.1) is 6.61 Å². The molecule has 6 nitrogen and oxygen atoms in total. The molecule has 0 saturated carbocycles. The standard InChI is InChI=1S/C17H20FNO5/c1-5-22-15(21)17(11-7-6-8-12(18)9-11)13(19-10-23-17)14(20)24-16(2,3)4/h6-10,13H,5H2,1-4H3/t13-,17-/m1/s1. The highest BCUT2D eigenvalue weighted by atomic mass is 19.1. The topological polar surface area (TPSA) is 74.2 Å². The zero-order valence-corrected chi connectivity index (χ0v) is 14.0. The van der Waals surface area contributed by atoms with Crippen LogP contribution < -0.4 is 0 Å². The largest absolute Gasteiger partial charge is 0.463 e. The number of halogens is 1. The van der Waals surface area contributed by atoms with E-state index in [2.05, 4.69) is 4.99 Å². The number of aliphatic imine (C=N–C) groups is 1. The molecule has 2 rings (SSSR count). The summed E-state index contributed by atoms with van der Waals surface area (Å²) in [7, 11) is 0. The van der Waals surface area contributed by atoms with Crippen molar-refractivity contribution in [2.24, 2.45) is 4.99 Å². The fourth-order valence-corrected chi connectivity index (χ4v) is 2.39. The smallest absolute Gasteiger partial charge is 0.358 e. The van der Waals surface area contributed by atoms with Crippen LogP contribution in [0, 0.1) is 5.82 Å². The van der Waals surface area contributed by atoms with Gasteiger partial charge in [-0.05, 0) is 39.8 Å². The molecule has 7 heteroatoms. The van der Waals surface area contributed by atoms with Crippen LogP contribution in [0.1, 0.15) is 33.3 Å². The van der Waals surface area contributed by atoms with Crippen molar-refractivity contribution in [3.8, 4) is 0 Å². The van der Waals surface area contributed by atoms with E-state index in [1.54, 1.807) is 27.7 Å². The summed E-state index contributed by atoms with van der Waals surface area (Å²) in [5.41, 5.74) is -2.55. The lowest BCUT2D eigenvalue weighted by Gasteiger charge is -2.31. The van der Waals surface area contributed by atoms with Gasteiger partial charge < -0.3 is 14.2 Å². The summed E-state index contributed by atoms with van der Waals surface area (Å²) < 4.78 is 29.5. The van der Waals surface area contributed by atoms with Crippen molar-refractivity contribution in [2.75, 3.05) is 6.61 Å². The molecule has 0 fully saturated rings. The maximum atomic E-state index is 13.7. The summed E-state index contributed by atoms with van der Waals surface area (Å²) in [6, 6.07) is 3.91. The molecule has 0 unspecified atom stereocenters. The summed E-state index contributed by atoms with van der Waals surface area (Å²) in [4.78, 5) is 29.1. The maximum absolute atomic E-state index is 13.7. The van der Waals surface area contributed by atoms with Crippen molar-refractivity contribution >= 4 is 18.3 Å². The first-order chi connectivity index (χ1) is 11.2. The number of benzene rings is 1. The third-order valence-electron chi connectivity index (χ3n) is 3.30. The van der Waals surface area contributed by atoms with Crippen LogP contribution in [0.4, 0.5) is 4.39 Å². The predicted octanol–water partition coefficient (Wildman–Crippen LogP) is 2.35. The Morgan fingerprint density at radius 2 is 2.08 bits per heavy atom. The highest BCUT2D eigenvalue weighted by Crippen LogP contribution is 2.37. The molecule has 0 spiro atoms. The molecule has 2 atom stereocenters. The molecule has 0 radical (unpaired) electrons. The maximum Gasteiger partial charge on any atom is 0.358 e. The molecule has 0 aromatic heterocycles. The fourth-order valence-electron chi connectivity index (χ4n) is 2.39. The van der Waals surface area contributed by atoms with Crippen LogP contribution in [-0.4, -0.2) is 36.6 Å². The monoisotopic (exact) mass is 337 g/mol. The number of esters is 2. The molecule has 1 heterocycles. The van der Waals surface area contributed by atoms with Gasteiger partial charge in [-0.25, -0.2) is 19.0 Å². The fraction of sp³-hybridized carbons (Fsp3) is 0.471. The highest BCUT2D eigenvalue weighted by molar-refractivity contribution is 5.94. The summed E-state index contributed by atoms with van der Waals surface area (Å²) in [5, 5.41) is 0. The van der Waals surface area contributed by atoms with Crippen molar-refractivity contribution in [3.05, 3.63) is 35.6 Å². The van der Waals surface area contributed by atoms with E-state index < -0.39 is 35.0 Å². The van der Waals surface area contributed by atoms with Crippen LogP contribution >= 0.6 is 0 Å². The molecule has 1 aliphatic rings. The first kappa shape index (κ1) is 17.9. The molecule has 130 valence electrons. The third kappa shape index (κ3) is 3.39. The van der Waals surface area contributed by atoms with Crippen LogP contribution in [0.15, 0.2) is 29.3 Å². The molecule has 24 heavy (non-hydrogen) atoms. The van der Waals surface area contributed by atoms with E-state index in [0.717, 1.165) is 12.5 Å². The Hall–Kier alpha value is -2.44. The van der Waals surface area contributed by atoms with Crippen LogP contribution in [0.25, 0.3) is 0 Å². The van der Waals surface area contributed by atoms with Crippen LogP contribution in [0.2, 0.25) is 0 Å². The van der Waals surface area contributed by atoms with Gasteiger partial charge in [0.2, 0.25) is 6.04 Å². The highest BCUT2D eigenvalue weighted by Gasteiger charge is 2.58. The molecular formula is C17H20FNO5. The van der Waals surface area contributed by atoms with E-state index in [-0.39, 0.29) is 12.2 Å². The number of rotatable bonds is 4. The minimum atomic E-state index is -1.90. The SMILES string of the molecule is CCOC(=O)[C@]1(c2cccc(F)c2)OC=N[C@@H]1C(=O)OC(C)(C)C. The number of carbonyl (C=O) groups is 2. The van der Waals surface area contributed by atoms with Crippen LogP contribution in [0.5, 0.6) is 0 Å². The second-order valence-corrected chi connectivity index (χ2v) is 6.27. The van der Waals surface area contributed by atoms with E-state index in [4.69, 9.17) is 14.2 Å². The van der Waals surface area contributed by atoms with Gasteiger partial charge in [0.25, 0.3) is 5.60 Å². The molecular weight excluding hydrogens is 317 g/mol. The van der Waals surface area contributed by atoms with Gasteiger partial charge in [0.1, 0.15) is 11.4 Å². The second-order valence-electron chi connectivity index (χ2n) is 6.27. The Labute approximate surface area is 139 Å². The third-order valence-corrected chi connectivity index (χ3v) is 3.30. The van der Waals surface area contributed by atoms with Gasteiger partial charge >= 0.3 is 11.9 Å². The zero-order chi connectivity index (χ0) is 18.0. The first-order valence-corrected chi connectivity index (χ1v) is 7.56. The summed E-state index contributed by atoms with van der Waals surface area (Å²) in [6.45, 7) is 6.77. The Morgan fingerprint density at radius 3 is 2.67 bits per heavy atom. The van der Waals surface area contributed by atoms with Gasteiger partial charge in [0, 0.05) is 5.56 Å². The Balaban J connectivity index is 2.50. The second kappa shape index (κ2) is 6.59. The van der Waals surface area contributed by atoms with Crippen molar-refractivity contribution in [3.63, 3.8) is 0 Å². The molecule has 0 bridgehead atoms. The van der Waals surface area contributed by atoms with E-state index in [9.17, 15) is 14.0 Å². The van der Waals surface area contributed by atoms with Gasteiger partial charge in [0.15, 0.2) is 6.40 Å². The van der Waals surface area contributed by atoms with E-state index in [0.29, 0.717) is 0 Å². The van der Waals surface area contributed by atoms with Crippen LogP contribution in [0.3, 0.4) is 0 Å². The average molecular weight is 337 g/mol. The first-order valence-electron chi connectivity index (χ1n) is 7.56. The molecule has 1 aromatic carbocycles. The summed E-state index contributed by atoms with van der Waals surface area (Å²) in [5.74, 6) is -2.16. The van der Waals surface area contributed by atoms with Crippen molar-refractivity contribution < 1.29 is 28.2 Å². The number of hydrogen-bond donors (Lipinski definition) is 0. The van der Waals surface area contributed by atoms with Gasteiger partial charge in [-0.1, -0.05) is 12.1 Å². The Morgan fingerprint density at radius 1 is 1.38 bits per heavy atom. The predicted molar refractivity (Wildman–Crippen MR) is 83.9 cm³/mol. The van der Waals surface area contributed by atoms with Crippen molar-refractivity contribution in [1.29, 1.82) is 0 Å². The lowest BCUT2D eigenvalue weighted by atomic mass is 9.86. The minimum Gasteiger partial charge on any atom is -0.463 e. The number of hydrogen-bond acceptors (Lipinski definition) is 6. The van der Waals surface area contributed by atoms with Gasteiger partial charge in [-0.15, -0.1) is 0 Å². The van der Waals surface area contributed by atoms with Gasteiger partial charge in [-0.3, -0.25) is 0 Å². The van der Waals surface area contributed by atoms with Crippen molar-refractivity contribution in [1.82, 2.24) is 0 Å². The lowest BCUT2D eigenvalue weighted by Crippen LogP contribution is -2.51. The normalized spacial score (nSPS) is 22.8. The number of carbonyl (C=O) groups excluding carboxylic acids is 2. The molecule has 0 amide bonds. The average Bonchev–Trinajstić information content (AvgIpc) is 2.91. The molecule has 1 aliphatic heterocycles. The van der Waals surface area contributed by atoms with E-state index in [1.807, 2.05) is 0 Å². The lowest BCUT2D eigenvalue weighted by molar-refractivity contribution is -0.175. The quantitative estimate of drug-likeness (QED) is 0.789. The zero-order valence-electron chi connectivity index (χ0n) is 14.0. The molecule has 0 aliphatic carbocycles. The Kier molecular flexibility index (Phi) is 4.91. The Bertz CT molecular complexity index is 667. The number of ether oxygens (including phenoxy) is 3. The van der Waals surface area contributed by atoms with E-state index >= 15 is 0 Å². The van der Waals surface area contributed by atoms with Crippen molar-refractivity contribution in [2.45, 2.75) is 44.9 Å². The number of nitrogens with zero attached hydrogens (tertiary/aromatic N) is 1. The summed E-state index contributed by atoms with van der Waals surface area (Å²) in [6.07, 6.45) is 0.996. The van der Waals surface area contributed by atoms with E-state index in [1.165, 1.54) is 18.2 Å². The summed E-state index contributed by atoms with van der Waals surface area (Å²) >= 11 is 0. The van der Waals surface area contributed by atoms with Crippen LogP contribution in [-0.2, 0) is 29.4 Å². The molecule has 0 saturated heterocycles. The molecule has 1 aromatic rings. The minimum absolute atomic E-state index is 0.0697. The van der Waals surface area contributed by atoms with Gasteiger partial charge in [-0.2, -0.15) is 0 Å².